The van der Waals surface area contributed by atoms with Crippen LogP contribution in [0.2, 0.25) is 0 Å². The van der Waals surface area contributed by atoms with Gasteiger partial charge in [-0.3, -0.25) is 4.79 Å². The van der Waals surface area contributed by atoms with Crippen molar-refractivity contribution in [3.05, 3.63) is 11.6 Å². The first-order chi connectivity index (χ1) is 12.6. The van der Waals surface area contributed by atoms with Crippen molar-refractivity contribution in [2.24, 2.45) is 28.1 Å². The Hall–Kier alpha value is -0.910. The molecule has 2 aliphatic heterocycles. The predicted octanol–water partition coefficient (Wildman–Crippen LogP) is 2.38. The standard InChI is InChI=1S/C22H33NO4/c1-20-9-7-16(24)22(3)17(20)14(27-19(22)25)10-12-13(20)6-8-21(2)15(23(4)5)11-26-18(12)21/h10,13-18,24H,6-9,11H2,1-5H3/t13?,14-,15?,16+,17?,18?,20-,21?,22+/m1/s1. The molecule has 150 valence electrons. The zero-order chi connectivity index (χ0) is 19.4. The third-order valence-electron chi connectivity index (χ3n) is 9.25. The number of esters is 1. The number of carbonyl (C=O) groups excluding carboxylic acids is 1. The SMILES string of the molecule is CN(C)C1COC2C3=C[C@H]4OC(=O)[C@]5(C)C4[C@](C)(CC[C@@H]5O)C3CCC21C. The Bertz CT molecular complexity index is 719. The summed E-state index contributed by atoms with van der Waals surface area (Å²) in [7, 11) is 4.29. The van der Waals surface area contributed by atoms with Gasteiger partial charge in [-0.05, 0) is 69.7 Å². The molecule has 0 bridgehead atoms. The van der Waals surface area contributed by atoms with E-state index < -0.39 is 11.5 Å². The van der Waals surface area contributed by atoms with Crippen LogP contribution in [0.25, 0.3) is 0 Å². The highest BCUT2D eigenvalue weighted by atomic mass is 16.6. The lowest BCUT2D eigenvalue weighted by Gasteiger charge is -2.59. The van der Waals surface area contributed by atoms with Crippen molar-refractivity contribution in [3.8, 4) is 0 Å². The minimum Gasteiger partial charge on any atom is -0.457 e. The van der Waals surface area contributed by atoms with Gasteiger partial charge in [0.15, 0.2) is 0 Å². The second-order valence-corrected chi connectivity index (χ2v) is 10.6. The molecule has 2 saturated carbocycles. The third kappa shape index (κ3) is 1.99. The molecule has 0 spiro atoms. The third-order valence-corrected chi connectivity index (χ3v) is 9.25. The van der Waals surface area contributed by atoms with Crippen LogP contribution in [0.4, 0.5) is 0 Å². The van der Waals surface area contributed by atoms with Gasteiger partial charge in [-0.1, -0.05) is 13.8 Å². The van der Waals surface area contributed by atoms with Crippen molar-refractivity contribution in [2.75, 3.05) is 20.7 Å². The van der Waals surface area contributed by atoms with Crippen LogP contribution in [0.15, 0.2) is 11.6 Å². The van der Waals surface area contributed by atoms with Crippen LogP contribution in [0.3, 0.4) is 0 Å². The largest absolute Gasteiger partial charge is 0.457 e. The highest BCUT2D eigenvalue weighted by molar-refractivity contribution is 5.81. The Morgan fingerprint density at radius 3 is 2.56 bits per heavy atom. The average Bonchev–Trinajstić information content (AvgIpc) is 3.08. The zero-order valence-corrected chi connectivity index (χ0v) is 17.2. The maximum Gasteiger partial charge on any atom is 0.315 e. The second kappa shape index (κ2) is 5.37. The first-order valence-electron chi connectivity index (χ1n) is 10.5. The van der Waals surface area contributed by atoms with Crippen LogP contribution >= 0.6 is 0 Å². The van der Waals surface area contributed by atoms with Gasteiger partial charge in [0.2, 0.25) is 0 Å². The van der Waals surface area contributed by atoms with Gasteiger partial charge in [0.1, 0.15) is 6.10 Å². The van der Waals surface area contributed by atoms with E-state index in [1.165, 1.54) is 5.57 Å². The van der Waals surface area contributed by atoms with Crippen LogP contribution in [-0.4, -0.2) is 61.0 Å². The Morgan fingerprint density at radius 1 is 1.15 bits per heavy atom. The molecule has 5 heteroatoms. The van der Waals surface area contributed by atoms with E-state index in [0.29, 0.717) is 18.4 Å². The van der Waals surface area contributed by atoms with Crippen molar-refractivity contribution in [3.63, 3.8) is 0 Å². The van der Waals surface area contributed by atoms with Gasteiger partial charge in [0.25, 0.3) is 0 Å². The number of carbonyl (C=O) groups is 1. The Morgan fingerprint density at radius 2 is 1.85 bits per heavy atom. The van der Waals surface area contributed by atoms with Crippen LogP contribution in [0.5, 0.6) is 0 Å². The summed E-state index contributed by atoms with van der Waals surface area (Å²) in [5, 5.41) is 10.7. The summed E-state index contributed by atoms with van der Waals surface area (Å²) >= 11 is 0. The molecule has 0 aromatic carbocycles. The van der Waals surface area contributed by atoms with E-state index in [4.69, 9.17) is 9.47 Å². The number of likely N-dealkylation sites (N-methyl/N-ethyl adjacent to an activating group) is 1. The molecule has 0 aromatic heterocycles. The van der Waals surface area contributed by atoms with E-state index in [1.807, 2.05) is 6.92 Å². The minimum atomic E-state index is -0.775. The molecule has 0 radical (unpaired) electrons. The van der Waals surface area contributed by atoms with Crippen LogP contribution in [0, 0.1) is 28.1 Å². The van der Waals surface area contributed by atoms with Crippen LogP contribution in [-0.2, 0) is 14.3 Å². The second-order valence-electron chi connectivity index (χ2n) is 10.6. The molecule has 2 heterocycles. The maximum atomic E-state index is 12.8. The molecule has 0 aromatic rings. The summed E-state index contributed by atoms with van der Waals surface area (Å²) in [5.41, 5.74) is 0.680. The molecule has 2 saturated heterocycles. The van der Waals surface area contributed by atoms with Crippen molar-refractivity contribution in [2.45, 2.75) is 70.8 Å². The molecular formula is C22H33NO4. The van der Waals surface area contributed by atoms with E-state index in [1.54, 1.807) is 0 Å². The maximum absolute atomic E-state index is 12.8. The number of ether oxygens (including phenoxy) is 2. The van der Waals surface area contributed by atoms with Crippen LogP contribution < -0.4 is 0 Å². The van der Waals surface area contributed by atoms with E-state index in [9.17, 15) is 9.90 Å². The molecule has 5 rings (SSSR count). The summed E-state index contributed by atoms with van der Waals surface area (Å²) < 4.78 is 12.3. The number of rotatable bonds is 1. The molecule has 5 unspecified atom stereocenters. The fourth-order valence-electron chi connectivity index (χ4n) is 7.78. The van der Waals surface area contributed by atoms with Crippen LogP contribution in [0.1, 0.15) is 46.5 Å². The fourth-order valence-corrected chi connectivity index (χ4v) is 7.78. The monoisotopic (exact) mass is 375 g/mol. The number of nitrogens with zero attached hydrogens (tertiary/aromatic N) is 1. The summed E-state index contributed by atoms with van der Waals surface area (Å²) in [6.45, 7) is 7.41. The van der Waals surface area contributed by atoms with Crippen molar-refractivity contribution < 1.29 is 19.4 Å². The van der Waals surface area contributed by atoms with Crippen molar-refractivity contribution >= 4 is 5.97 Å². The lowest BCUT2D eigenvalue weighted by atomic mass is 9.44. The highest BCUT2D eigenvalue weighted by Crippen LogP contribution is 2.67. The summed E-state index contributed by atoms with van der Waals surface area (Å²) in [4.78, 5) is 15.1. The average molecular weight is 376 g/mol. The highest BCUT2D eigenvalue weighted by Gasteiger charge is 2.70. The minimum absolute atomic E-state index is 0.0181. The van der Waals surface area contributed by atoms with Gasteiger partial charge < -0.3 is 19.5 Å². The van der Waals surface area contributed by atoms with E-state index in [2.05, 4.69) is 38.9 Å². The Kier molecular flexibility index (Phi) is 3.61. The van der Waals surface area contributed by atoms with Gasteiger partial charge in [-0.15, -0.1) is 0 Å². The molecule has 5 nitrogen and oxygen atoms in total. The number of fused-ring (bicyclic) bond motifs is 4. The summed E-state index contributed by atoms with van der Waals surface area (Å²) in [6.07, 6.45) is 5.41. The lowest BCUT2D eigenvalue weighted by Crippen LogP contribution is -2.60. The normalized spacial score (nSPS) is 56.3. The Labute approximate surface area is 162 Å². The van der Waals surface area contributed by atoms with E-state index >= 15 is 0 Å². The number of aliphatic hydroxyl groups excluding tert-OH is 1. The van der Waals surface area contributed by atoms with Gasteiger partial charge >= 0.3 is 5.97 Å². The smallest absolute Gasteiger partial charge is 0.315 e. The molecule has 0 amide bonds. The van der Waals surface area contributed by atoms with Gasteiger partial charge in [-0.25, -0.2) is 0 Å². The number of hydrogen-bond acceptors (Lipinski definition) is 5. The molecule has 5 aliphatic rings. The molecule has 4 fully saturated rings. The summed E-state index contributed by atoms with van der Waals surface area (Å²) in [5.74, 6) is 0.261. The number of aliphatic hydroxyl groups is 1. The van der Waals surface area contributed by atoms with Crippen molar-refractivity contribution in [1.82, 2.24) is 4.90 Å². The number of hydrogen-bond donors (Lipinski definition) is 1. The van der Waals surface area contributed by atoms with E-state index in [-0.39, 0.29) is 34.9 Å². The topological polar surface area (TPSA) is 59.0 Å². The summed E-state index contributed by atoms with van der Waals surface area (Å²) in [6, 6.07) is 0.416. The first kappa shape index (κ1) is 18.1. The zero-order valence-electron chi connectivity index (χ0n) is 17.2. The Balaban J connectivity index is 1.60. The van der Waals surface area contributed by atoms with Gasteiger partial charge in [-0.2, -0.15) is 0 Å². The molecule has 9 atom stereocenters. The van der Waals surface area contributed by atoms with Crippen molar-refractivity contribution in [1.29, 1.82) is 0 Å². The molecule has 1 N–H and O–H groups in total. The predicted molar refractivity (Wildman–Crippen MR) is 101 cm³/mol. The van der Waals surface area contributed by atoms with Gasteiger partial charge in [0.05, 0.1) is 24.2 Å². The van der Waals surface area contributed by atoms with E-state index in [0.717, 1.165) is 25.9 Å². The van der Waals surface area contributed by atoms with Gasteiger partial charge in [0, 0.05) is 17.4 Å². The molecular weight excluding hydrogens is 342 g/mol. The first-order valence-corrected chi connectivity index (χ1v) is 10.5. The quantitative estimate of drug-likeness (QED) is 0.563. The lowest BCUT2D eigenvalue weighted by molar-refractivity contribution is -0.159. The molecule has 3 aliphatic carbocycles. The molecule has 27 heavy (non-hydrogen) atoms. The fraction of sp³-hybridized carbons (Fsp3) is 0.864.